The summed E-state index contributed by atoms with van der Waals surface area (Å²) in [5.41, 5.74) is 0.306. The summed E-state index contributed by atoms with van der Waals surface area (Å²) in [5, 5.41) is 7.29. The predicted molar refractivity (Wildman–Crippen MR) is 86.7 cm³/mol. The van der Waals surface area contributed by atoms with E-state index in [0.29, 0.717) is 17.8 Å². The van der Waals surface area contributed by atoms with Crippen molar-refractivity contribution in [1.29, 1.82) is 0 Å². The molecular formula is C16H15FN6O2. The Morgan fingerprint density at radius 3 is 2.64 bits per heavy atom. The molecule has 128 valence electrons. The van der Waals surface area contributed by atoms with Crippen LogP contribution in [0.1, 0.15) is 12.5 Å². The van der Waals surface area contributed by atoms with Gasteiger partial charge in [-0.05, 0) is 53.2 Å². The van der Waals surface area contributed by atoms with E-state index in [9.17, 15) is 14.0 Å². The average molecular weight is 342 g/mol. The number of benzene rings is 1. The highest BCUT2D eigenvalue weighted by atomic mass is 19.1. The number of tetrazole rings is 1. The second kappa shape index (κ2) is 7.04. The lowest BCUT2D eigenvalue weighted by Gasteiger charge is -2.19. The minimum absolute atomic E-state index is 0.196. The van der Waals surface area contributed by atoms with Gasteiger partial charge < -0.3 is 4.90 Å². The summed E-state index contributed by atoms with van der Waals surface area (Å²) < 4.78 is 14.9. The fourth-order valence-corrected chi connectivity index (χ4v) is 2.29. The molecule has 9 heteroatoms. The molecule has 25 heavy (non-hydrogen) atoms. The van der Waals surface area contributed by atoms with Crippen LogP contribution in [0.5, 0.6) is 0 Å². The van der Waals surface area contributed by atoms with Crippen molar-refractivity contribution < 1.29 is 9.18 Å². The van der Waals surface area contributed by atoms with E-state index in [1.165, 1.54) is 23.1 Å². The maximum Gasteiger partial charge on any atom is 0.377 e. The zero-order valence-corrected chi connectivity index (χ0v) is 13.4. The number of halogens is 1. The Kier molecular flexibility index (Phi) is 4.64. The molecule has 2 aromatic heterocycles. The van der Waals surface area contributed by atoms with Crippen molar-refractivity contribution in [3.8, 4) is 5.69 Å². The van der Waals surface area contributed by atoms with E-state index in [4.69, 9.17) is 0 Å². The maximum absolute atomic E-state index is 13.3. The van der Waals surface area contributed by atoms with E-state index in [1.807, 2.05) is 0 Å². The van der Waals surface area contributed by atoms with Crippen molar-refractivity contribution in [3.05, 3.63) is 70.7 Å². The molecule has 8 nitrogen and oxygen atoms in total. The molecule has 0 aliphatic heterocycles. The topological polar surface area (TPSA) is 85.9 Å². The smallest absolute Gasteiger partial charge is 0.319 e. The first-order chi connectivity index (χ1) is 12.1. The molecule has 3 aromatic rings. The molecule has 0 fully saturated rings. The monoisotopic (exact) mass is 342 g/mol. The number of pyridine rings is 1. The van der Waals surface area contributed by atoms with Crippen LogP contribution in [0.4, 0.5) is 9.18 Å². The summed E-state index contributed by atoms with van der Waals surface area (Å²) in [6.45, 7) is 2.47. The number of rotatable bonds is 4. The Morgan fingerprint density at radius 1 is 1.20 bits per heavy atom. The minimum atomic E-state index is -0.760. The highest BCUT2D eigenvalue weighted by Crippen LogP contribution is 2.07. The van der Waals surface area contributed by atoms with E-state index in [2.05, 4.69) is 15.4 Å². The number of carbonyl (C=O) groups is 1. The summed E-state index contributed by atoms with van der Waals surface area (Å²) in [6, 6.07) is 8.29. The van der Waals surface area contributed by atoms with Crippen LogP contribution >= 0.6 is 0 Å². The molecule has 0 unspecified atom stereocenters. The first kappa shape index (κ1) is 16.5. The van der Waals surface area contributed by atoms with Crippen molar-refractivity contribution in [2.75, 3.05) is 6.54 Å². The largest absolute Gasteiger partial charge is 0.377 e. The second-order valence-corrected chi connectivity index (χ2v) is 5.22. The molecule has 0 aliphatic rings. The number of nitrogens with zero attached hydrogens (tertiary/aromatic N) is 6. The van der Waals surface area contributed by atoms with Crippen LogP contribution in [-0.2, 0) is 6.54 Å². The zero-order valence-electron chi connectivity index (χ0n) is 13.4. The van der Waals surface area contributed by atoms with Gasteiger partial charge in [-0.25, -0.2) is 14.0 Å². The van der Waals surface area contributed by atoms with Crippen LogP contribution in [0.3, 0.4) is 0 Å². The second-order valence-electron chi connectivity index (χ2n) is 5.22. The lowest BCUT2D eigenvalue weighted by Crippen LogP contribution is -2.40. The van der Waals surface area contributed by atoms with E-state index in [1.54, 1.807) is 31.5 Å². The van der Waals surface area contributed by atoms with Gasteiger partial charge in [-0.1, -0.05) is 6.07 Å². The average Bonchev–Trinajstić information content (AvgIpc) is 3.01. The van der Waals surface area contributed by atoms with Gasteiger partial charge >= 0.3 is 11.7 Å². The molecule has 1 aromatic carbocycles. The summed E-state index contributed by atoms with van der Waals surface area (Å²) in [7, 11) is 0. The van der Waals surface area contributed by atoms with Crippen molar-refractivity contribution >= 4 is 6.03 Å². The van der Waals surface area contributed by atoms with Gasteiger partial charge in [0.2, 0.25) is 0 Å². The molecule has 3 rings (SSSR count). The summed E-state index contributed by atoms with van der Waals surface area (Å²) in [5.74, 6) is -0.516. The molecular weight excluding hydrogens is 327 g/mol. The molecule has 0 spiro atoms. The van der Waals surface area contributed by atoms with E-state index >= 15 is 0 Å². The number of carbonyl (C=O) groups excluding carboxylic acids is 1. The Hall–Kier alpha value is -3.36. The van der Waals surface area contributed by atoms with Crippen LogP contribution in [0.15, 0.2) is 53.6 Å². The quantitative estimate of drug-likeness (QED) is 0.670. The summed E-state index contributed by atoms with van der Waals surface area (Å²) >= 11 is 0. The number of hydrogen-bond donors (Lipinski definition) is 0. The van der Waals surface area contributed by atoms with Crippen LogP contribution in [0.2, 0.25) is 0 Å². The van der Waals surface area contributed by atoms with Gasteiger partial charge in [0, 0.05) is 25.5 Å². The van der Waals surface area contributed by atoms with Crippen LogP contribution in [0, 0.1) is 5.82 Å². The Bertz CT molecular complexity index is 937. The van der Waals surface area contributed by atoms with E-state index in [-0.39, 0.29) is 5.69 Å². The normalized spacial score (nSPS) is 10.6. The molecule has 0 radical (unpaired) electrons. The molecule has 0 bridgehead atoms. The Morgan fingerprint density at radius 2 is 1.96 bits per heavy atom. The number of hydrogen-bond acceptors (Lipinski definition) is 5. The van der Waals surface area contributed by atoms with Gasteiger partial charge in [0.15, 0.2) is 0 Å². The fourth-order valence-electron chi connectivity index (χ4n) is 2.29. The standard InChI is InChI=1S/C16H15FN6O2/c1-2-21(11-12-6-8-18-9-7-12)15(24)23-16(25)22(19-20-23)14-5-3-4-13(17)10-14/h3-10H,2,11H2,1H3. The first-order valence-corrected chi connectivity index (χ1v) is 7.59. The SMILES string of the molecule is CCN(Cc1ccncc1)C(=O)n1nnn(-c2cccc(F)c2)c1=O. The van der Waals surface area contributed by atoms with Gasteiger partial charge in [0.05, 0.1) is 5.69 Å². The van der Waals surface area contributed by atoms with Crippen LogP contribution in [0.25, 0.3) is 5.69 Å². The van der Waals surface area contributed by atoms with Crippen molar-refractivity contribution in [3.63, 3.8) is 0 Å². The lowest BCUT2D eigenvalue weighted by atomic mass is 10.2. The minimum Gasteiger partial charge on any atom is -0.319 e. The molecule has 0 saturated carbocycles. The lowest BCUT2D eigenvalue weighted by molar-refractivity contribution is 0.195. The van der Waals surface area contributed by atoms with Gasteiger partial charge in [-0.3, -0.25) is 4.98 Å². The first-order valence-electron chi connectivity index (χ1n) is 7.59. The third kappa shape index (κ3) is 3.44. The van der Waals surface area contributed by atoms with Crippen LogP contribution in [-0.4, -0.2) is 42.3 Å². The molecule has 2 heterocycles. The summed E-state index contributed by atoms with van der Waals surface area (Å²) in [4.78, 5) is 30.4. The van der Waals surface area contributed by atoms with Crippen molar-refractivity contribution in [2.45, 2.75) is 13.5 Å². The maximum atomic E-state index is 13.3. The van der Waals surface area contributed by atoms with Crippen molar-refractivity contribution in [1.82, 2.24) is 29.7 Å². The Balaban J connectivity index is 1.88. The molecule has 1 amide bonds. The molecule has 0 saturated heterocycles. The van der Waals surface area contributed by atoms with Gasteiger partial charge in [-0.15, -0.1) is 4.68 Å². The van der Waals surface area contributed by atoms with Gasteiger partial charge in [-0.2, -0.15) is 4.68 Å². The van der Waals surface area contributed by atoms with Gasteiger partial charge in [0.1, 0.15) is 5.82 Å². The summed E-state index contributed by atoms with van der Waals surface area (Å²) in [6.07, 6.45) is 3.25. The molecule has 0 aliphatic carbocycles. The predicted octanol–water partition coefficient (Wildman–Crippen LogP) is 1.45. The van der Waals surface area contributed by atoms with E-state index in [0.717, 1.165) is 16.3 Å². The highest BCUT2D eigenvalue weighted by molar-refractivity contribution is 5.75. The molecule has 0 atom stereocenters. The number of aromatic nitrogens is 5. The van der Waals surface area contributed by atoms with Gasteiger partial charge in [0.25, 0.3) is 0 Å². The highest BCUT2D eigenvalue weighted by Gasteiger charge is 2.21. The third-order valence-corrected chi connectivity index (χ3v) is 3.59. The van der Waals surface area contributed by atoms with E-state index < -0.39 is 17.5 Å². The van der Waals surface area contributed by atoms with Crippen molar-refractivity contribution in [2.24, 2.45) is 0 Å². The third-order valence-electron chi connectivity index (χ3n) is 3.59. The molecule has 0 N–H and O–H groups in total. The zero-order chi connectivity index (χ0) is 17.8. The van der Waals surface area contributed by atoms with Crippen LogP contribution < -0.4 is 5.69 Å². The fraction of sp³-hybridized carbons (Fsp3) is 0.188. The number of amides is 1. The Labute approximate surface area is 142 Å².